The van der Waals surface area contributed by atoms with Crippen molar-refractivity contribution in [1.82, 2.24) is 10.6 Å². The van der Waals surface area contributed by atoms with Crippen LogP contribution in [-0.2, 0) is 20.7 Å². The van der Waals surface area contributed by atoms with Gasteiger partial charge in [-0.05, 0) is 32.8 Å². The second-order valence-electron chi connectivity index (χ2n) is 6.29. The van der Waals surface area contributed by atoms with Gasteiger partial charge in [-0.1, -0.05) is 17.7 Å². The maximum atomic E-state index is 11.6. The quantitative estimate of drug-likeness (QED) is 0.306. The van der Waals surface area contributed by atoms with E-state index < -0.39 is 22.5 Å². The number of nitro benzene ring substituents is 1. The summed E-state index contributed by atoms with van der Waals surface area (Å²) in [6, 6.07) is 4.21. The van der Waals surface area contributed by atoms with Crippen molar-refractivity contribution in [2.45, 2.75) is 32.8 Å². The largest absolute Gasteiger partial charge is 0.444 e. The summed E-state index contributed by atoms with van der Waals surface area (Å²) >= 11 is 5.97. The van der Waals surface area contributed by atoms with E-state index in [4.69, 9.17) is 21.1 Å². The van der Waals surface area contributed by atoms with Crippen LogP contribution < -0.4 is 10.6 Å². The predicted octanol–water partition coefficient (Wildman–Crippen LogP) is 2.41. The van der Waals surface area contributed by atoms with Gasteiger partial charge >= 0.3 is 6.09 Å². The first-order valence-corrected chi connectivity index (χ1v) is 8.20. The Morgan fingerprint density at radius 3 is 2.54 bits per heavy atom. The van der Waals surface area contributed by atoms with E-state index in [9.17, 15) is 19.7 Å². The van der Waals surface area contributed by atoms with E-state index >= 15 is 0 Å². The maximum Gasteiger partial charge on any atom is 0.408 e. The van der Waals surface area contributed by atoms with Crippen LogP contribution in [0.1, 0.15) is 26.3 Å². The lowest BCUT2D eigenvalue weighted by atomic mass is 10.1. The van der Waals surface area contributed by atoms with E-state index in [1.165, 1.54) is 12.1 Å². The summed E-state index contributed by atoms with van der Waals surface area (Å²) in [6.45, 7) is 5.15. The lowest BCUT2D eigenvalue weighted by molar-refractivity contribution is -0.384. The number of nitrogens with one attached hydrogen (secondary N) is 2. The van der Waals surface area contributed by atoms with Crippen molar-refractivity contribution in [3.63, 3.8) is 0 Å². The number of nitro groups is 1. The third-order valence-corrected chi connectivity index (χ3v) is 3.28. The Hall–Kier alpha value is -2.39. The van der Waals surface area contributed by atoms with Crippen molar-refractivity contribution < 1.29 is 24.0 Å². The van der Waals surface area contributed by atoms with Gasteiger partial charge in [0, 0.05) is 12.1 Å². The van der Waals surface area contributed by atoms with Gasteiger partial charge in [-0.2, -0.15) is 0 Å². The zero-order chi connectivity index (χ0) is 19.7. The molecular formula is C16H22ClN3O6. The average molecular weight is 388 g/mol. The van der Waals surface area contributed by atoms with Gasteiger partial charge in [-0.3, -0.25) is 14.9 Å². The molecule has 0 heterocycles. The highest BCUT2D eigenvalue weighted by molar-refractivity contribution is 6.31. The second kappa shape index (κ2) is 9.93. The first-order chi connectivity index (χ1) is 12.1. The van der Waals surface area contributed by atoms with Crippen LogP contribution in [-0.4, -0.2) is 42.4 Å². The number of hydrogen-bond acceptors (Lipinski definition) is 6. The summed E-state index contributed by atoms with van der Waals surface area (Å²) in [5.74, 6) is -0.427. The van der Waals surface area contributed by atoms with Crippen LogP contribution in [0.15, 0.2) is 18.2 Å². The van der Waals surface area contributed by atoms with Gasteiger partial charge in [0.05, 0.1) is 16.6 Å². The third-order valence-electron chi connectivity index (χ3n) is 2.93. The number of halogens is 1. The van der Waals surface area contributed by atoms with Gasteiger partial charge in [0.15, 0.2) is 0 Å². The normalized spacial score (nSPS) is 10.9. The summed E-state index contributed by atoms with van der Waals surface area (Å²) < 4.78 is 10.3. The van der Waals surface area contributed by atoms with E-state index in [-0.39, 0.29) is 30.6 Å². The third kappa shape index (κ3) is 8.63. The molecule has 2 amide bonds. The highest BCUT2D eigenvalue weighted by Gasteiger charge is 2.16. The van der Waals surface area contributed by atoms with Gasteiger partial charge in [0.1, 0.15) is 18.9 Å². The van der Waals surface area contributed by atoms with E-state index in [0.717, 1.165) is 0 Å². The molecule has 1 aromatic rings. The molecule has 1 aromatic carbocycles. The molecular weight excluding hydrogens is 366 g/mol. The number of carbonyl (C=O) groups excluding carboxylic acids is 2. The Labute approximate surface area is 156 Å². The minimum atomic E-state index is -0.679. The number of carbonyl (C=O) groups is 2. The van der Waals surface area contributed by atoms with Gasteiger partial charge in [-0.15, -0.1) is 0 Å². The van der Waals surface area contributed by atoms with Crippen molar-refractivity contribution in [1.29, 1.82) is 0 Å². The Bertz CT molecular complexity index is 660. The van der Waals surface area contributed by atoms with Crippen molar-refractivity contribution in [3.8, 4) is 0 Å². The SMILES string of the molecule is CC(C)(C)OC(=O)NCC(=O)NCOCCc1ccc([N+](=O)[O-])cc1Cl. The highest BCUT2D eigenvalue weighted by atomic mass is 35.5. The molecule has 0 radical (unpaired) electrons. The fraction of sp³-hybridized carbons (Fsp3) is 0.500. The number of non-ortho nitro benzene ring substituents is 1. The molecule has 10 heteroatoms. The summed E-state index contributed by atoms with van der Waals surface area (Å²) in [5.41, 5.74) is -0.0115. The minimum absolute atomic E-state index is 0.0422. The Kier molecular flexibility index (Phi) is 8.27. The van der Waals surface area contributed by atoms with Crippen molar-refractivity contribution >= 4 is 29.3 Å². The van der Waals surface area contributed by atoms with Gasteiger partial charge in [0.25, 0.3) is 5.69 Å². The second-order valence-corrected chi connectivity index (χ2v) is 6.70. The number of alkyl carbamates (subject to hydrolysis) is 1. The zero-order valence-electron chi connectivity index (χ0n) is 14.8. The predicted molar refractivity (Wildman–Crippen MR) is 95.0 cm³/mol. The van der Waals surface area contributed by atoms with Crippen molar-refractivity contribution in [2.75, 3.05) is 19.9 Å². The van der Waals surface area contributed by atoms with Crippen LogP contribution in [0.4, 0.5) is 10.5 Å². The first kappa shape index (κ1) is 21.7. The topological polar surface area (TPSA) is 120 Å². The monoisotopic (exact) mass is 387 g/mol. The number of hydrogen-bond donors (Lipinski definition) is 2. The van der Waals surface area contributed by atoms with Crippen LogP contribution >= 0.6 is 11.6 Å². The lowest BCUT2D eigenvalue weighted by Gasteiger charge is -2.19. The number of nitrogens with zero attached hydrogens (tertiary/aromatic N) is 1. The fourth-order valence-corrected chi connectivity index (χ4v) is 2.04. The van der Waals surface area contributed by atoms with Gasteiger partial charge in [0.2, 0.25) is 5.91 Å². The molecule has 0 aromatic heterocycles. The highest BCUT2D eigenvalue weighted by Crippen LogP contribution is 2.22. The number of amides is 2. The fourth-order valence-electron chi connectivity index (χ4n) is 1.77. The zero-order valence-corrected chi connectivity index (χ0v) is 15.6. The van der Waals surface area contributed by atoms with Crippen LogP contribution in [0.2, 0.25) is 5.02 Å². The molecule has 0 fully saturated rings. The van der Waals surface area contributed by atoms with Crippen LogP contribution in [0.5, 0.6) is 0 Å². The Balaban J connectivity index is 2.21. The van der Waals surface area contributed by atoms with Crippen molar-refractivity contribution in [3.05, 3.63) is 38.9 Å². The molecule has 0 aliphatic heterocycles. The van der Waals surface area contributed by atoms with Gasteiger partial charge < -0.3 is 20.1 Å². The first-order valence-electron chi connectivity index (χ1n) is 7.82. The van der Waals surface area contributed by atoms with E-state index in [1.54, 1.807) is 26.8 Å². The summed E-state index contributed by atoms with van der Waals surface area (Å²) in [5, 5.41) is 15.7. The Morgan fingerprint density at radius 1 is 1.27 bits per heavy atom. The molecule has 2 N–H and O–H groups in total. The van der Waals surface area contributed by atoms with Crippen LogP contribution in [0, 0.1) is 10.1 Å². The molecule has 9 nitrogen and oxygen atoms in total. The summed E-state index contributed by atoms with van der Waals surface area (Å²) in [4.78, 5) is 33.1. The molecule has 0 aliphatic carbocycles. The number of ether oxygens (including phenoxy) is 2. The van der Waals surface area contributed by atoms with E-state index in [2.05, 4.69) is 10.6 Å². The standard InChI is InChI=1S/C16H22ClN3O6/c1-16(2,3)26-15(22)18-9-14(21)19-10-25-7-6-11-4-5-12(20(23)24)8-13(11)17/h4-5,8H,6-7,9-10H2,1-3H3,(H,18,22)(H,19,21). The van der Waals surface area contributed by atoms with E-state index in [0.29, 0.717) is 12.0 Å². The van der Waals surface area contributed by atoms with Gasteiger partial charge in [-0.25, -0.2) is 4.79 Å². The number of benzene rings is 1. The average Bonchev–Trinajstić information content (AvgIpc) is 2.52. The molecule has 0 spiro atoms. The molecule has 0 saturated carbocycles. The summed E-state index contributed by atoms with van der Waals surface area (Å²) in [7, 11) is 0. The van der Waals surface area contributed by atoms with E-state index in [1.807, 2.05) is 0 Å². The maximum absolute atomic E-state index is 11.6. The molecule has 0 bridgehead atoms. The van der Waals surface area contributed by atoms with Crippen LogP contribution in [0.25, 0.3) is 0 Å². The van der Waals surface area contributed by atoms with Crippen LogP contribution in [0.3, 0.4) is 0 Å². The minimum Gasteiger partial charge on any atom is -0.444 e. The number of rotatable bonds is 8. The Morgan fingerprint density at radius 2 is 1.96 bits per heavy atom. The molecule has 0 atom stereocenters. The molecule has 1 rings (SSSR count). The molecule has 0 saturated heterocycles. The molecule has 0 unspecified atom stereocenters. The molecule has 0 aliphatic rings. The smallest absolute Gasteiger partial charge is 0.408 e. The molecule has 144 valence electrons. The molecule has 26 heavy (non-hydrogen) atoms. The lowest BCUT2D eigenvalue weighted by Crippen LogP contribution is -2.40. The summed E-state index contributed by atoms with van der Waals surface area (Å²) in [6.07, 6.45) is -0.246. The van der Waals surface area contributed by atoms with Crippen molar-refractivity contribution in [2.24, 2.45) is 0 Å².